The van der Waals surface area contributed by atoms with Crippen molar-refractivity contribution in [3.63, 3.8) is 0 Å². The van der Waals surface area contributed by atoms with Gasteiger partial charge in [-0.15, -0.1) is 0 Å². The van der Waals surface area contributed by atoms with Crippen LogP contribution in [-0.4, -0.2) is 23.3 Å². The summed E-state index contributed by atoms with van der Waals surface area (Å²) in [6.07, 6.45) is 2.09. The second kappa shape index (κ2) is 5.33. The molecule has 2 rings (SSSR count). The van der Waals surface area contributed by atoms with Crippen molar-refractivity contribution in [3.05, 3.63) is 17.0 Å². The normalized spacial score (nSPS) is 15.6. The van der Waals surface area contributed by atoms with Gasteiger partial charge in [-0.2, -0.15) is 0 Å². The molecule has 0 aliphatic heterocycles. The standard InChI is InChI=1S/C14H21NO4/c1-5-17-13(16)11-10(8-18-14(2,3)4)15-19-12(11)9-6-7-9/h9H,5-8H2,1-4H3. The van der Waals surface area contributed by atoms with Gasteiger partial charge < -0.3 is 14.0 Å². The number of carbonyl (C=O) groups is 1. The van der Waals surface area contributed by atoms with Gasteiger partial charge in [-0.3, -0.25) is 0 Å². The van der Waals surface area contributed by atoms with Crippen molar-refractivity contribution in [2.24, 2.45) is 0 Å². The van der Waals surface area contributed by atoms with Gasteiger partial charge in [-0.05, 0) is 40.5 Å². The molecule has 1 fully saturated rings. The summed E-state index contributed by atoms with van der Waals surface area (Å²) in [6.45, 7) is 8.26. The van der Waals surface area contributed by atoms with E-state index in [1.807, 2.05) is 20.8 Å². The molecule has 1 aromatic heterocycles. The van der Waals surface area contributed by atoms with Crippen LogP contribution in [0.2, 0.25) is 0 Å². The third kappa shape index (κ3) is 3.56. The van der Waals surface area contributed by atoms with E-state index in [1.165, 1.54) is 0 Å². The monoisotopic (exact) mass is 267 g/mol. The van der Waals surface area contributed by atoms with Crippen LogP contribution in [0.15, 0.2) is 4.52 Å². The van der Waals surface area contributed by atoms with E-state index in [1.54, 1.807) is 6.92 Å². The molecule has 5 nitrogen and oxygen atoms in total. The highest BCUT2D eigenvalue weighted by Gasteiger charge is 2.35. The number of hydrogen-bond acceptors (Lipinski definition) is 5. The van der Waals surface area contributed by atoms with E-state index in [0.717, 1.165) is 12.8 Å². The van der Waals surface area contributed by atoms with E-state index in [2.05, 4.69) is 5.16 Å². The minimum Gasteiger partial charge on any atom is -0.462 e. The van der Waals surface area contributed by atoms with Gasteiger partial charge in [0.1, 0.15) is 11.3 Å². The van der Waals surface area contributed by atoms with E-state index < -0.39 is 0 Å². The fraction of sp³-hybridized carbons (Fsp3) is 0.714. The molecular formula is C14H21NO4. The maximum Gasteiger partial charge on any atom is 0.343 e. The predicted molar refractivity (Wildman–Crippen MR) is 69.0 cm³/mol. The summed E-state index contributed by atoms with van der Waals surface area (Å²) in [6, 6.07) is 0. The highest BCUT2D eigenvalue weighted by Crippen LogP contribution is 2.42. The number of rotatable bonds is 5. The minimum absolute atomic E-state index is 0.258. The lowest BCUT2D eigenvalue weighted by atomic mass is 10.1. The van der Waals surface area contributed by atoms with Crippen LogP contribution in [0, 0.1) is 0 Å². The third-order valence-electron chi connectivity index (χ3n) is 2.86. The number of hydrogen-bond donors (Lipinski definition) is 0. The largest absolute Gasteiger partial charge is 0.462 e. The lowest BCUT2D eigenvalue weighted by Crippen LogP contribution is -2.20. The van der Waals surface area contributed by atoms with Crippen molar-refractivity contribution in [1.82, 2.24) is 5.16 Å². The lowest BCUT2D eigenvalue weighted by Gasteiger charge is -2.18. The third-order valence-corrected chi connectivity index (χ3v) is 2.86. The van der Waals surface area contributed by atoms with E-state index in [-0.39, 0.29) is 18.2 Å². The summed E-state index contributed by atoms with van der Waals surface area (Å²) < 4.78 is 16.1. The Morgan fingerprint density at radius 3 is 2.63 bits per heavy atom. The Bertz CT molecular complexity index is 455. The molecule has 0 N–H and O–H groups in total. The fourth-order valence-corrected chi connectivity index (χ4v) is 1.77. The van der Waals surface area contributed by atoms with Gasteiger partial charge >= 0.3 is 5.97 Å². The first-order chi connectivity index (χ1) is 8.92. The van der Waals surface area contributed by atoms with E-state index in [0.29, 0.717) is 29.5 Å². The van der Waals surface area contributed by atoms with Crippen molar-refractivity contribution in [2.75, 3.05) is 6.61 Å². The number of nitrogens with zero attached hydrogens (tertiary/aromatic N) is 1. The molecule has 1 heterocycles. The second-order valence-corrected chi connectivity index (χ2v) is 5.76. The molecule has 5 heteroatoms. The Kier molecular flexibility index (Phi) is 3.94. The molecule has 0 amide bonds. The van der Waals surface area contributed by atoms with Gasteiger partial charge in [0.15, 0.2) is 5.76 Å². The highest BCUT2D eigenvalue weighted by atomic mass is 16.5. The smallest absolute Gasteiger partial charge is 0.343 e. The van der Waals surface area contributed by atoms with Crippen LogP contribution in [-0.2, 0) is 16.1 Å². The zero-order valence-corrected chi connectivity index (χ0v) is 12.0. The molecule has 0 bridgehead atoms. The molecule has 0 aromatic carbocycles. The first-order valence-corrected chi connectivity index (χ1v) is 6.72. The quantitative estimate of drug-likeness (QED) is 0.767. The molecular weight excluding hydrogens is 246 g/mol. The first-order valence-electron chi connectivity index (χ1n) is 6.72. The number of esters is 1. The lowest BCUT2D eigenvalue weighted by molar-refractivity contribution is -0.0179. The van der Waals surface area contributed by atoms with Crippen LogP contribution in [0.1, 0.15) is 68.3 Å². The molecule has 106 valence electrons. The Balaban J connectivity index is 2.20. The van der Waals surface area contributed by atoms with Crippen molar-refractivity contribution in [3.8, 4) is 0 Å². The van der Waals surface area contributed by atoms with Gasteiger partial charge in [0.05, 0.1) is 18.8 Å². The summed E-state index contributed by atoms with van der Waals surface area (Å²) >= 11 is 0. The summed E-state index contributed by atoms with van der Waals surface area (Å²) in [5.74, 6) is 0.611. The van der Waals surface area contributed by atoms with E-state index in [9.17, 15) is 4.79 Å². The average molecular weight is 267 g/mol. The molecule has 1 aliphatic carbocycles. The summed E-state index contributed by atoms with van der Waals surface area (Å²) in [5, 5.41) is 3.98. The van der Waals surface area contributed by atoms with Crippen LogP contribution in [0.5, 0.6) is 0 Å². The van der Waals surface area contributed by atoms with Crippen molar-refractivity contribution in [1.29, 1.82) is 0 Å². The van der Waals surface area contributed by atoms with Crippen molar-refractivity contribution < 1.29 is 18.8 Å². The van der Waals surface area contributed by atoms with Gasteiger partial charge in [0, 0.05) is 5.92 Å². The Hall–Kier alpha value is -1.36. The molecule has 19 heavy (non-hydrogen) atoms. The van der Waals surface area contributed by atoms with E-state index >= 15 is 0 Å². The zero-order chi connectivity index (χ0) is 14.0. The topological polar surface area (TPSA) is 61.6 Å². The van der Waals surface area contributed by atoms with Crippen LogP contribution in [0.3, 0.4) is 0 Å². The molecule has 0 radical (unpaired) electrons. The van der Waals surface area contributed by atoms with Gasteiger partial charge in [-0.1, -0.05) is 5.16 Å². The molecule has 0 saturated heterocycles. The molecule has 0 atom stereocenters. The predicted octanol–water partition coefficient (Wildman–Crippen LogP) is 3.04. The molecule has 0 unspecified atom stereocenters. The van der Waals surface area contributed by atoms with Crippen molar-refractivity contribution >= 4 is 5.97 Å². The van der Waals surface area contributed by atoms with Crippen LogP contribution >= 0.6 is 0 Å². The van der Waals surface area contributed by atoms with Gasteiger partial charge in [0.2, 0.25) is 0 Å². The second-order valence-electron chi connectivity index (χ2n) is 5.76. The van der Waals surface area contributed by atoms with Crippen LogP contribution in [0.4, 0.5) is 0 Å². The number of carbonyl (C=O) groups excluding carboxylic acids is 1. The molecule has 1 saturated carbocycles. The minimum atomic E-state index is -0.363. The summed E-state index contributed by atoms with van der Waals surface area (Å²) in [4.78, 5) is 12.0. The van der Waals surface area contributed by atoms with Crippen LogP contribution < -0.4 is 0 Å². The zero-order valence-electron chi connectivity index (χ0n) is 12.0. The molecule has 1 aromatic rings. The maximum absolute atomic E-state index is 12.0. The Morgan fingerprint density at radius 2 is 2.11 bits per heavy atom. The van der Waals surface area contributed by atoms with Crippen LogP contribution in [0.25, 0.3) is 0 Å². The van der Waals surface area contributed by atoms with Crippen molar-refractivity contribution in [2.45, 2.75) is 58.7 Å². The number of ether oxygens (including phenoxy) is 2. The molecule has 1 aliphatic rings. The Morgan fingerprint density at radius 1 is 1.42 bits per heavy atom. The average Bonchev–Trinajstić information content (AvgIpc) is 3.06. The first kappa shape index (κ1) is 14.1. The fourth-order valence-electron chi connectivity index (χ4n) is 1.77. The number of aromatic nitrogens is 1. The SMILES string of the molecule is CCOC(=O)c1c(COC(C)(C)C)noc1C1CC1. The van der Waals surface area contributed by atoms with Gasteiger partial charge in [0.25, 0.3) is 0 Å². The Labute approximate surface area is 113 Å². The summed E-state index contributed by atoms with van der Waals surface area (Å²) in [5.41, 5.74) is 0.717. The van der Waals surface area contributed by atoms with E-state index in [4.69, 9.17) is 14.0 Å². The molecule has 0 spiro atoms. The van der Waals surface area contributed by atoms with Gasteiger partial charge in [-0.25, -0.2) is 4.79 Å². The summed E-state index contributed by atoms with van der Waals surface area (Å²) in [7, 11) is 0. The highest BCUT2D eigenvalue weighted by molar-refractivity contribution is 5.92. The maximum atomic E-state index is 12.0.